The molecule has 0 spiro atoms. The van der Waals surface area contributed by atoms with Crippen molar-refractivity contribution in [3.8, 4) is 5.69 Å². The van der Waals surface area contributed by atoms with Crippen LogP contribution in [-0.2, 0) is 4.79 Å². The molecule has 0 radical (unpaired) electrons. The lowest BCUT2D eigenvalue weighted by Gasteiger charge is -2.36. The Morgan fingerprint density at radius 3 is 2.75 bits per heavy atom. The van der Waals surface area contributed by atoms with Gasteiger partial charge in [0.2, 0.25) is 5.91 Å². The van der Waals surface area contributed by atoms with Gasteiger partial charge in [0, 0.05) is 18.2 Å². The highest BCUT2D eigenvalue weighted by Gasteiger charge is 2.34. The van der Waals surface area contributed by atoms with E-state index in [0.29, 0.717) is 10.7 Å². The van der Waals surface area contributed by atoms with E-state index in [-0.39, 0.29) is 12.5 Å². The summed E-state index contributed by atoms with van der Waals surface area (Å²) in [6.07, 6.45) is 5.57. The third kappa shape index (κ3) is 3.52. The lowest BCUT2D eigenvalue weighted by molar-refractivity contribution is -0.118. The molecule has 0 bridgehead atoms. The smallest absolute Gasteiger partial charge is 0.244 e. The fraction of sp³-hybridized carbons (Fsp3) is 0.333. The number of nitrogens with one attached hydrogen (secondary N) is 1. The summed E-state index contributed by atoms with van der Waals surface area (Å²) in [5.41, 5.74) is 1.58. The van der Waals surface area contributed by atoms with E-state index >= 15 is 0 Å². The molecule has 2 N–H and O–H groups in total. The van der Waals surface area contributed by atoms with E-state index in [4.69, 9.17) is 11.6 Å². The van der Waals surface area contributed by atoms with Gasteiger partial charge in [0.15, 0.2) is 0 Å². The van der Waals surface area contributed by atoms with Gasteiger partial charge in [-0.2, -0.15) is 5.10 Å². The van der Waals surface area contributed by atoms with E-state index in [9.17, 15) is 9.90 Å². The minimum atomic E-state index is -0.727. The van der Waals surface area contributed by atoms with Crippen molar-refractivity contribution in [2.24, 2.45) is 0 Å². The number of aliphatic hydroxyl groups is 1. The van der Waals surface area contributed by atoms with Gasteiger partial charge in [-0.25, -0.2) is 4.68 Å². The van der Waals surface area contributed by atoms with Crippen LogP contribution in [0.1, 0.15) is 30.5 Å². The Labute approximate surface area is 145 Å². The van der Waals surface area contributed by atoms with Gasteiger partial charge >= 0.3 is 0 Å². The van der Waals surface area contributed by atoms with Crippen molar-refractivity contribution in [1.29, 1.82) is 0 Å². The average molecular weight is 346 g/mol. The summed E-state index contributed by atoms with van der Waals surface area (Å²) < 4.78 is 1.64. The monoisotopic (exact) mass is 345 g/mol. The number of hydrogen-bond acceptors (Lipinski definition) is 3. The highest BCUT2D eigenvalue weighted by Crippen LogP contribution is 2.30. The lowest BCUT2D eigenvalue weighted by Crippen LogP contribution is -2.47. The van der Waals surface area contributed by atoms with E-state index in [1.165, 1.54) is 6.08 Å². The molecule has 1 amide bonds. The molecular weight excluding hydrogens is 326 g/mol. The summed E-state index contributed by atoms with van der Waals surface area (Å²) in [5.74, 6) is -0.252. The molecular formula is C18H20ClN3O2. The van der Waals surface area contributed by atoms with Crippen LogP contribution in [0, 0.1) is 6.92 Å². The number of nitrogens with zero attached hydrogens (tertiary/aromatic N) is 2. The molecule has 3 rings (SSSR count). The van der Waals surface area contributed by atoms with Gasteiger partial charge in [0.05, 0.1) is 17.0 Å². The molecule has 0 atom stereocenters. The van der Waals surface area contributed by atoms with Gasteiger partial charge in [0.25, 0.3) is 0 Å². The summed E-state index contributed by atoms with van der Waals surface area (Å²) >= 11 is 6.41. The highest BCUT2D eigenvalue weighted by atomic mass is 35.5. The number of carbonyl (C=O) groups is 1. The average Bonchev–Trinajstić information content (AvgIpc) is 2.84. The van der Waals surface area contributed by atoms with Crippen LogP contribution in [0.25, 0.3) is 11.8 Å². The van der Waals surface area contributed by atoms with Crippen molar-refractivity contribution in [2.75, 3.05) is 6.54 Å². The van der Waals surface area contributed by atoms with Gasteiger partial charge in [0.1, 0.15) is 5.15 Å². The Bertz CT molecular complexity index is 764. The quantitative estimate of drug-likeness (QED) is 0.819. The molecule has 1 aromatic carbocycles. The third-order valence-corrected chi connectivity index (χ3v) is 4.69. The maximum Gasteiger partial charge on any atom is 0.244 e. The molecule has 126 valence electrons. The zero-order chi connectivity index (χ0) is 17.2. The molecule has 1 aliphatic rings. The highest BCUT2D eigenvalue weighted by molar-refractivity contribution is 6.31. The first-order chi connectivity index (χ1) is 11.5. The molecule has 1 heterocycles. The topological polar surface area (TPSA) is 67.2 Å². The largest absolute Gasteiger partial charge is 0.388 e. The lowest BCUT2D eigenvalue weighted by atomic mass is 9.80. The number of amides is 1. The van der Waals surface area contributed by atoms with Crippen molar-refractivity contribution in [2.45, 2.75) is 31.8 Å². The SMILES string of the molecule is Cc1nn(-c2ccccc2)c(Cl)c1C=CC(=O)NCC1(O)CCC1. The predicted octanol–water partition coefficient (Wildman–Crippen LogP) is 2.88. The normalized spacial score (nSPS) is 16.1. The minimum absolute atomic E-state index is 0.252. The van der Waals surface area contributed by atoms with Crippen LogP contribution in [-0.4, -0.2) is 32.9 Å². The first-order valence-corrected chi connectivity index (χ1v) is 8.35. The third-order valence-electron chi connectivity index (χ3n) is 4.33. The van der Waals surface area contributed by atoms with Gasteiger partial charge in [-0.3, -0.25) is 4.79 Å². The Morgan fingerprint density at radius 1 is 1.42 bits per heavy atom. The van der Waals surface area contributed by atoms with Gasteiger partial charge in [-0.15, -0.1) is 0 Å². The second-order valence-corrected chi connectivity index (χ2v) is 6.52. The Hall–Kier alpha value is -2.11. The standard InChI is InChI=1S/C18H20ClN3O2/c1-13-15(8-9-16(23)20-12-18(24)10-5-11-18)17(19)22(21-13)14-6-3-2-4-7-14/h2-4,6-9,24H,5,10-12H2,1H3,(H,20,23). The second kappa shape index (κ2) is 6.79. The van der Waals surface area contributed by atoms with Crippen LogP contribution in [0.15, 0.2) is 36.4 Å². The minimum Gasteiger partial charge on any atom is -0.388 e. The number of para-hydroxylation sites is 1. The number of carbonyl (C=O) groups excluding carboxylic acids is 1. The fourth-order valence-electron chi connectivity index (χ4n) is 2.67. The van der Waals surface area contributed by atoms with E-state index < -0.39 is 5.60 Å². The maximum atomic E-state index is 11.9. The van der Waals surface area contributed by atoms with Gasteiger partial charge in [-0.1, -0.05) is 29.8 Å². The second-order valence-electron chi connectivity index (χ2n) is 6.17. The van der Waals surface area contributed by atoms with Crippen molar-refractivity contribution >= 4 is 23.6 Å². The summed E-state index contributed by atoms with van der Waals surface area (Å²) in [6, 6.07) is 9.58. The molecule has 2 aromatic rings. The molecule has 0 unspecified atom stereocenters. The maximum absolute atomic E-state index is 11.9. The predicted molar refractivity (Wildman–Crippen MR) is 94.2 cm³/mol. The van der Waals surface area contributed by atoms with Crippen molar-refractivity contribution < 1.29 is 9.90 Å². The fourth-order valence-corrected chi connectivity index (χ4v) is 3.01. The van der Waals surface area contributed by atoms with Crippen LogP contribution < -0.4 is 5.32 Å². The Morgan fingerprint density at radius 2 is 2.12 bits per heavy atom. The van der Waals surface area contributed by atoms with E-state index in [0.717, 1.165) is 30.6 Å². The summed E-state index contributed by atoms with van der Waals surface area (Å²) in [7, 11) is 0. The molecule has 1 aromatic heterocycles. The molecule has 0 saturated heterocycles. The first-order valence-electron chi connectivity index (χ1n) is 7.97. The number of aromatic nitrogens is 2. The van der Waals surface area contributed by atoms with Crippen molar-refractivity contribution in [3.05, 3.63) is 52.8 Å². The summed E-state index contributed by atoms with van der Waals surface area (Å²) in [6.45, 7) is 2.13. The van der Waals surface area contributed by atoms with Crippen LogP contribution in [0.2, 0.25) is 5.15 Å². The number of halogens is 1. The zero-order valence-corrected chi connectivity index (χ0v) is 14.3. The van der Waals surface area contributed by atoms with Crippen LogP contribution in [0.5, 0.6) is 0 Å². The van der Waals surface area contributed by atoms with Gasteiger partial charge in [-0.05, 0) is 44.4 Å². The molecule has 6 heteroatoms. The Kier molecular flexibility index (Phi) is 4.73. The van der Waals surface area contributed by atoms with E-state index in [2.05, 4.69) is 10.4 Å². The summed E-state index contributed by atoms with van der Waals surface area (Å²) in [4.78, 5) is 11.9. The van der Waals surface area contributed by atoms with E-state index in [1.54, 1.807) is 10.8 Å². The number of rotatable bonds is 5. The van der Waals surface area contributed by atoms with Gasteiger partial charge < -0.3 is 10.4 Å². The van der Waals surface area contributed by atoms with Crippen LogP contribution >= 0.6 is 11.6 Å². The number of hydrogen-bond donors (Lipinski definition) is 2. The molecule has 24 heavy (non-hydrogen) atoms. The molecule has 0 aliphatic heterocycles. The number of benzene rings is 1. The van der Waals surface area contributed by atoms with Crippen LogP contribution in [0.4, 0.5) is 0 Å². The van der Waals surface area contributed by atoms with Crippen molar-refractivity contribution in [3.63, 3.8) is 0 Å². The van der Waals surface area contributed by atoms with Crippen LogP contribution in [0.3, 0.4) is 0 Å². The van der Waals surface area contributed by atoms with Crippen molar-refractivity contribution in [1.82, 2.24) is 15.1 Å². The van der Waals surface area contributed by atoms with E-state index in [1.807, 2.05) is 37.3 Å². The zero-order valence-electron chi connectivity index (χ0n) is 13.5. The molecule has 1 saturated carbocycles. The summed E-state index contributed by atoms with van der Waals surface area (Å²) in [5, 5.41) is 17.6. The number of aryl methyl sites for hydroxylation is 1. The molecule has 1 fully saturated rings. The molecule has 5 nitrogen and oxygen atoms in total. The first kappa shape index (κ1) is 16.7. The Balaban J connectivity index is 1.70. The molecule has 1 aliphatic carbocycles.